The molecule has 2 atom stereocenters. The van der Waals surface area contributed by atoms with Crippen molar-refractivity contribution in [1.82, 2.24) is 0 Å². The van der Waals surface area contributed by atoms with E-state index in [1.54, 1.807) is 0 Å². The van der Waals surface area contributed by atoms with Crippen LogP contribution >= 0.6 is 22.9 Å². The average Bonchev–Trinajstić information content (AvgIpc) is 1.77. The molecule has 0 spiro atoms. The largest absolute Gasteiger partial charge is 0.382 e. The van der Waals surface area contributed by atoms with Gasteiger partial charge in [0.05, 0.1) is 0 Å². The molecule has 0 aromatic carbocycles. The minimum atomic E-state index is -0.715. The maximum absolute atomic E-state index is 8.96. The minimum absolute atomic E-state index is 0.208. The van der Waals surface area contributed by atoms with Crippen molar-refractivity contribution in [2.24, 2.45) is 0 Å². The van der Waals surface area contributed by atoms with Crippen LogP contribution in [0.15, 0.2) is 0 Å². The van der Waals surface area contributed by atoms with Crippen LogP contribution < -0.4 is 0 Å². The first-order valence-electron chi connectivity index (χ1n) is 2.52. The third-order valence-electron chi connectivity index (χ3n) is 1.05. The molecule has 0 bridgehead atoms. The number of thiol groups is 1. The summed E-state index contributed by atoms with van der Waals surface area (Å²) in [5, 5.41) is 9.65. The van der Waals surface area contributed by atoms with Crippen LogP contribution in [0.25, 0.3) is 0 Å². The highest BCUT2D eigenvalue weighted by Gasteiger charge is 2.13. The highest BCUT2D eigenvalue weighted by Crippen LogP contribution is 2.34. The van der Waals surface area contributed by atoms with Gasteiger partial charge in [0.25, 0.3) is 0 Å². The van der Waals surface area contributed by atoms with E-state index in [0.29, 0.717) is 0 Å². The van der Waals surface area contributed by atoms with Gasteiger partial charge in [0.2, 0.25) is 0 Å². The molecule has 2 unspecified atom stereocenters. The van der Waals surface area contributed by atoms with E-state index in [9.17, 15) is 0 Å². The summed E-state index contributed by atoms with van der Waals surface area (Å²) >= 11 is 0.745. The second-order valence-electron chi connectivity index (χ2n) is 1.77. The Labute approximate surface area is 55.8 Å². The summed E-state index contributed by atoms with van der Waals surface area (Å²) in [6, 6.07) is 0. The van der Waals surface area contributed by atoms with Gasteiger partial charge in [-0.05, 0) is 6.42 Å². The summed E-state index contributed by atoms with van der Waals surface area (Å²) in [5.74, 6) is 0.823. The number of rotatable bonds is 0. The molecule has 2 nitrogen and oxygen atoms in total. The molecule has 50 valence electrons. The van der Waals surface area contributed by atoms with Crippen molar-refractivity contribution in [3.8, 4) is 0 Å². The molecule has 1 aliphatic rings. The van der Waals surface area contributed by atoms with Crippen molar-refractivity contribution < 1.29 is 9.66 Å². The van der Waals surface area contributed by atoms with Crippen LogP contribution in [0.4, 0.5) is 0 Å². The van der Waals surface area contributed by atoms with Gasteiger partial charge in [0.1, 0.15) is 5.44 Å². The Morgan fingerprint density at radius 2 is 2.38 bits per heavy atom. The first-order valence-corrected chi connectivity index (χ1v) is 5.24. The zero-order valence-electron chi connectivity index (χ0n) is 4.45. The summed E-state index contributed by atoms with van der Waals surface area (Å²) in [4.78, 5) is 0. The van der Waals surface area contributed by atoms with Crippen LogP contribution in [0.5, 0.6) is 0 Å². The Hall–Kier alpha value is 0.620. The second kappa shape index (κ2) is 2.96. The van der Waals surface area contributed by atoms with Gasteiger partial charge in [-0.3, -0.25) is 0 Å². The topological polar surface area (TPSA) is 40.5 Å². The molecule has 1 saturated heterocycles. The number of hydrogen-bond donors (Lipinski definition) is 3. The monoisotopic (exact) mass is 154 g/mol. The molecule has 0 aromatic rings. The summed E-state index contributed by atoms with van der Waals surface area (Å²) in [7, 11) is 0. The second-order valence-corrected chi connectivity index (χ2v) is 5.14. The predicted octanol–water partition coefficient (Wildman–Crippen LogP) is 0.873. The molecule has 1 aliphatic heterocycles. The molecule has 8 heavy (non-hydrogen) atoms. The van der Waals surface area contributed by atoms with E-state index in [1.807, 2.05) is 0 Å². The zero-order chi connectivity index (χ0) is 5.98. The Balaban J connectivity index is 2.19. The molecule has 1 rings (SSSR count). The number of thioether (sulfide) groups is 1. The lowest BCUT2D eigenvalue weighted by Gasteiger charge is -2.23. The fourth-order valence-electron chi connectivity index (χ4n) is 0.579. The van der Waals surface area contributed by atoms with E-state index in [1.165, 1.54) is 11.8 Å². The number of aliphatic hydroxyl groups excluding tert-OH is 1. The highest BCUT2D eigenvalue weighted by atomic mass is 32.3. The lowest BCUT2D eigenvalue weighted by Crippen LogP contribution is -2.11. The summed E-state index contributed by atoms with van der Waals surface area (Å²) < 4.78 is 8.96. The van der Waals surface area contributed by atoms with Crippen molar-refractivity contribution in [2.45, 2.75) is 11.9 Å². The minimum Gasteiger partial charge on any atom is -0.382 e. The van der Waals surface area contributed by atoms with Crippen molar-refractivity contribution in [3.63, 3.8) is 0 Å². The van der Waals surface area contributed by atoms with Crippen LogP contribution in [-0.2, 0) is 0 Å². The van der Waals surface area contributed by atoms with Crippen molar-refractivity contribution in [3.05, 3.63) is 0 Å². The normalized spacial score (nSPS) is 44.2. The Morgan fingerprint density at radius 3 is 2.75 bits per heavy atom. The van der Waals surface area contributed by atoms with Crippen LogP contribution in [-0.4, -0.2) is 25.9 Å². The molecule has 0 radical (unpaired) electrons. The zero-order valence-corrected chi connectivity index (χ0v) is 6.16. The van der Waals surface area contributed by atoms with Crippen LogP contribution in [0.2, 0.25) is 0 Å². The van der Waals surface area contributed by atoms with Gasteiger partial charge in [-0.2, -0.15) is 0 Å². The quantitative estimate of drug-likeness (QED) is 0.453. The fraction of sp³-hybridized carbons (Fsp3) is 1.00. The Kier molecular flexibility index (Phi) is 2.49. The molecule has 0 saturated carbocycles. The molecule has 4 heteroatoms. The van der Waals surface area contributed by atoms with Gasteiger partial charge in [0.15, 0.2) is 0 Å². The van der Waals surface area contributed by atoms with Gasteiger partial charge in [0, 0.05) is 10.8 Å². The van der Waals surface area contributed by atoms with Gasteiger partial charge in [-0.25, -0.2) is 0 Å². The van der Waals surface area contributed by atoms with Gasteiger partial charge >= 0.3 is 0 Å². The standard InChI is InChI=1S/C4H10O2S2/c5-4-1-2-8(6)3-7-4/h4-6,8H,1-3H2. The van der Waals surface area contributed by atoms with Crippen LogP contribution in [0, 0.1) is 0 Å². The third kappa shape index (κ3) is 1.85. The van der Waals surface area contributed by atoms with Crippen molar-refractivity contribution >= 4 is 22.9 Å². The number of aliphatic hydroxyl groups is 1. The van der Waals surface area contributed by atoms with Crippen molar-refractivity contribution in [1.29, 1.82) is 0 Å². The molecule has 0 aliphatic carbocycles. The molecule has 1 heterocycles. The Morgan fingerprint density at radius 1 is 1.62 bits per heavy atom. The molecule has 0 aromatic heterocycles. The predicted molar refractivity (Wildman–Crippen MR) is 39.6 cm³/mol. The molecule has 2 N–H and O–H groups in total. The average molecular weight is 154 g/mol. The maximum atomic E-state index is 8.96. The number of hydrogen-bond acceptors (Lipinski definition) is 3. The summed E-state index contributed by atoms with van der Waals surface area (Å²) in [6.45, 7) is 0. The fourth-order valence-corrected chi connectivity index (χ4v) is 3.47. The SMILES string of the molecule is OC1CC[SH](O)CS1. The van der Waals surface area contributed by atoms with E-state index in [2.05, 4.69) is 0 Å². The van der Waals surface area contributed by atoms with Gasteiger partial charge in [-0.15, -0.1) is 22.9 Å². The highest BCUT2D eigenvalue weighted by molar-refractivity contribution is 8.23. The third-order valence-corrected chi connectivity index (χ3v) is 4.23. The molecule has 1 fully saturated rings. The van der Waals surface area contributed by atoms with E-state index >= 15 is 0 Å². The lowest BCUT2D eigenvalue weighted by atomic mass is 10.5. The van der Waals surface area contributed by atoms with Crippen LogP contribution in [0.1, 0.15) is 6.42 Å². The van der Waals surface area contributed by atoms with E-state index < -0.39 is 11.2 Å². The van der Waals surface area contributed by atoms with E-state index in [4.69, 9.17) is 9.66 Å². The van der Waals surface area contributed by atoms with Crippen molar-refractivity contribution in [2.75, 3.05) is 10.8 Å². The van der Waals surface area contributed by atoms with E-state index in [0.717, 1.165) is 17.3 Å². The molecular weight excluding hydrogens is 144 g/mol. The smallest absolute Gasteiger partial charge is 0.101 e. The van der Waals surface area contributed by atoms with E-state index in [-0.39, 0.29) is 5.44 Å². The molecule has 0 amide bonds. The van der Waals surface area contributed by atoms with Gasteiger partial charge in [-0.1, -0.05) is 0 Å². The van der Waals surface area contributed by atoms with Gasteiger partial charge < -0.3 is 9.66 Å². The first kappa shape index (κ1) is 6.74. The molecular formula is C4H10O2S2. The Bertz CT molecular complexity index is 60.4. The maximum Gasteiger partial charge on any atom is 0.101 e. The lowest BCUT2D eigenvalue weighted by molar-refractivity contribution is 0.259. The summed E-state index contributed by atoms with van der Waals surface area (Å²) in [5.41, 5.74) is -0.208. The van der Waals surface area contributed by atoms with Crippen LogP contribution in [0.3, 0.4) is 0 Å². The summed E-state index contributed by atoms with van der Waals surface area (Å²) in [6.07, 6.45) is 0.771. The first-order chi connectivity index (χ1) is 3.79.